The molecule has 4 aromatic rings. The van der Waals surface area contributed by atoms with Crippen LogP contribution in [0.15, 0.2) is 78.2 Å². The lowest BCUT2D eigenvalue weighted by Gasteiger charge is -2.12. The Hall–Kier alpha value is -3.44. The number of ether oxygens (including phenoxy) is 1. The van der Waals surface area contributed by atoms with Crippen LogP contribution >= 0.6 is 11.3 Å². The lowest BCUT2D eigenvalue weighted by atomic mass is 9.98. The van der Waals surface area contributed by atoms with Gasteiger partial charge in [-0.05, 0) is 47.2 Å². The molecule has 0 aliphatic heterocycles. The average Bonchev–Trinajstić information content (AvgIpc) is 3.26. The Morgan fingerprint density at radius 3 is 2.34 bits per heavy atom. The highest BCUT2D eigenvalue weighted by molar-refractivity contribution is 7.14. The molecule has 1 N–H and O–H groups in total. The molecule has 0 atom stereocenters. The minimum Gasteiger partial charge on any atom is -0.484 e. The Bertz CT molecular complexity index is 1200. The van der Waals surface area contributed by atoms with Crippen molar-refractivity contribution in [3.05, 3.63) is 89.3 Å². The molecule has 5 heteroatoms. The van der Waals surface area contributed by atoms with Crippen molar-refractivity contribution in [3.63, 3.8) is 0 Å². The Morgan fingerprint density at radius 2 is 1.66 bits per heavy atom. The maximum atomic E-state index is 12.3. The molecule has 1 aromatic heterocycles. The first-order valence-electron chi connectivity index (χ1n) is 10.6. The third kappa shape index (κ3) is 5.24. The SMILES string of the molecule is Cc1cc(OCC(=O)Nc2nc(-c3ccc(-c4ccccc4)cc3)cs2)ccc1C(C)C. The van der Waals surface area contributed by atoms with E-state index in [1.54, 1.807) is 0 Å². The number of carbonyl (C=O) groups is 1. The van der Waals surface area contributed by atoms with Gasteiger partial charge in [0.2, 0.25) is 0 Å². The Labute approximate surface area is 192 Å². The highest BCUT2D eigenvalue weighted by atomic mass is 32.1. The normalized spacial score (nSPS) is 10.9. The van der Waals surface area contributed by atoms with Gasteiger partial charge < -0.3 is 4.74 Å². The van der Waals surface area contributed by atoms with E-state index >= 15 is 0 Å². The molecule has 1 amide bonds. The van der Waals surface area contributed by atoms with E-state index in [9.17, 15) is 4.79 Å². The van der Waals surface area contributed by atoms with Gasteiger partial charge in [0, 0.05) is 10.9 Å². The van der Waals surface area contributed by atoms with E-state index in [2.05, 4.69) is 73.5 Å². The van der Waals surface area contributed by atoms with Crippen molar-refractivity contribution < 1.29 is 9.53 Å². The fraction of sp³-hybridized carbons (Fsp3) is 0.185. The van der Waals surface area contributed by atoms with Gasteiger partial charge in [0.25, 0.3) is 5.91 Å². The van der Waals surface area contributed by atoms with Gasteiger partial charge in [0.1, 0.15) is 5.75 Å². The van der Waals surface area contributed by atoms with E-state index in [0.717, 1.165) is 16.8 Å². The third-order valence-electron chi connectivity index (χ3n) is 5.27. The van der Waals surface area contributed by atoms with Crippen LogP contribution in [-0.2, 0) is 4.79 Å². The topological polar surface area (TPSA) is 51.2 Å². The zero-order valence-corrected chi connectivity index (χ0v) is 19.3. The van der Waals surface area contributed by atoms with Crippen LogP contribution in [0.3, 0.4) is 0 Å². The maximum Gasteiger partial charge on any atom is 0.264 e. The van der Waals surface area contributed by atoms with E-state index in [-0.39, 0.29) is 12.5 Å². The van der Waals surface area contributed by atoms with Crippen LogP contribution in [0.4, 0.5) is 5.13 Å². The largest absolute Gasteiger partial charge is 0.484 e. The number of rotatable bonds is 7. The molecule has 4 rings (SSSR count). The van der Waals surface area contributed by atoms with Gasteiger partial charge in [-0.15, -0.1) is 11.3 Å². The van der Waals surface area contributed by atoms with Crippen molar-refractivity contribution in [2.24, 2.45) is 0 Å². The van der Waals surface area contributed by atoms with Gasteiger partial charge in [-0.2, -0.15) is 0 Å². The van der Waals surface area contributed by atoms with Crippen molar-refractivity contribution in [2.45, 2.75) is 26.7 Å². The van der Waals surface area contributed by atoms with E-state index in [4.69, 9.17) is 4.74 Å². The minimum atomic E-state index is -0.226. The number of hydrogen-bond acceptors (Lipinski definition) is 4. The molecule has 3 aromatic carbocycles. The second-order valence-corrected chi connectivity index (χ2v) is 8.85. The van der Waals surface area contributed by atoms with Crippen LogP contribution in [0.2, 0.25) is 0 Å². The van der Waals surface area contributed by atoms with Gasteiger partial charge in [0.15, 0.2) is 11.7 Å². The predicted molar refractivity (Wildman–Crippen MR) is 132 cm³/mol. The molecule has 0 saturated heterocycles. The summed E-state index contributed by atoms with van der Waals surface area (Å²) in [6, 6.07) is 24.5. The van der Waals surface area contributed by atoms with E-state index in [0.29, 0.717) is 16.8 Å². The smallest absolute Gasteiger partial charge is 0.264 e. The molecular formula is C27H26N2O2S. The molecule has 0 radical (unpaired) electrons. The maximum absolute atomic E-state index is 12.3. The van der Waals surface area contributed by atoms with Crippen LogP contribution in [0.25, 0.3) is 22.4 Å². The Morgan fingerprint density at radius 1 is 0.969 bits per heavy atom. The molecule has 0 aliphatic rings. The number of amides is 1. The molecule has 0 bridgehead atoms. The van der Waals surface area contributed by atoms with Crippen LogP contribution in [0.5, 0.6) is 5.75 Å². The first kappa shape index (κ1) is 21.8. The van der Waals surface area contributed by atoms with E-state index < -0.39 is 0 Å². The van der Waals surface area contributed by atoms with Gasteiger partial charge in [-0.1, -0.05) is 74.5 Å². The van der Waals surface area contributed by atoms with Crippen LogP contribution in [-0.4, -0.2) is 17.5 Å². The number of benzene rings is 3. The number of carbonyl (C=O) groups excluding carboxylic acids is 1. The summed E-state index contributed by atoms with van der Waals surface area (Å²) >= 11 is 1.40. The lowest BCUT2D eigenvalue weighted by Crippen LogP contribution is -2.20. The zero-order valence-electron chi connectivity index (χ0n) is 18.5. The fourth-order valence-electron chi connectivity index (χ4n) is 3.62. The van der Waals surface area contributed by atoms with Gasteiger partial charge in [-0.3, -0.25) is 10.1 Å². The van der Waals surface area contributed by atoms with Crippen molar-refractivity contribution in [1.29, 1.82) is 0 Å². The third-order valence-corrected chi connectivity index (χ3v) is 6.03. The summed E-state index contributed by atoms with van der Waals surface area (Å²) in [6.07, 6.45) is 0. The summed E-state index contributed by atoms with van der Waals surface area (Å²) in [5, 5.41) is 5.34. The molecule has 0 fully saturated rings. The Balaban J connectivity index is 1.35. The number of thiazole rings is 1. The molecule has 0 unspecified atom stereocenters. The molecule has 0 spiro atoms. The molecule has 162 valence electrons. The van der Waals surface area contributed by atoms with Gasteiger partial charge in [-0.25, -0.2) is 4.98 Å². The highest BCUT2D eigenvalue weighted by Gasteiger charge is 2.10. The lowest BCUT2D eigenvalue weighted by molar-refractivity contribution is -0.118. The Kier molecular flexibility index (Phi) is 6.66. The van der Waals surface area contributed by atoms with Crippen molar-refractivity contribution in [1.82, 2.24) is 4.98 Å². The molecule has 4 nitrogen and oxygen atoms in total. The fourth-order valence-corrected chi connectivity index (χ4v) is 4.35. The summed E-state index contributed by atoms with van der Waals surface area (Å²) in [7, 11) is 0. The molecule has 1 heterocycles. The van der Waals surface area contributed by atoms with Gasteiger partial charge in [0.05, 0.1) is 5.69 Å². The predicted octanol–water partition coefficient (Wildman–Crippen LogP) is 6.93. The number of nitrogens with one attached hydrogen (secondary N) is 1. The number of anilines is 1. The number of aromatic nitrogens is 1. The molecular weight excluding hydrogens is 416 g/mol. The van der Waals surface area contributed by atoms with Crippen LogP contribution in [0.1, 0.15) is 30.9 Å². The van der Waals surface area contributed by atoms with Crippen molar-refractivity contribution in [3.8, 4) is 28.1 Å². The quantitative estimate of drug-likeness (QED) is 0.338. The first-order chi connectivity index (χ1) is 15.5. The molecule has 0 saturated carbocycles. The summed E-state index contributed by atoms with van der Waals surface area (Å²) in [5.74, 6) is 0.928. The summed E-state index contributed by atoms with van der Waals surface area (Å²) in [5.41, 5.74) is 6.64. The standard InChI is InChI=1S/C27H26N2O2S/c1-18(2)24-14-13-23(15-19(24)3)31-16-26(30)29-27-28-25(17-32-27)22-11-9-21(10-12-22)20-7-5-4-6-8-20/h4-15,17-18H,16H2,1-3H3,(H,28,29,30). The minimum absolute atomic E-state index is 0.0544. The number of nitrogens with zero attached hydrogens (tertiary/aromatic N) is 1. The number of hydrogen-bond donors (Lipinski definition) is 1. The van der Waals surface area contributed by atoms with Crippen LogP contribution < -0.4 is 10.1 Å². The van der Waals surface area contributed by atoms with E-state index in [1.165, 1.54) is 28.0 Å². The summed E-state index contributed by atoms with van der Waals surface area (Å²) < 4.78 is 5.67. The average molecular weight is 443 g/mol. The number of aryl methyl sites for hydroxylation is 1. The highest BCUT2D eigenvalue weighted by Crippen LogP contribution is 2.28. The zero-order chi connectivity index (χ0) is 22.5. The molecule has 32 heavy (non-hydrogen) atoms. The van der Waals surface area contributed by atoms with E-state index in [1.807, 2.05) is 35.7 Å². The molecule has 0 aliphatic carbocycles. The van der Waals surface area contributed by atoms with Crippen molar-refractivity contribution >= 4 is 22.4 Å². The first-order valence-corrected chi connectivity index (χ1v) is 11.5. The second-order valence-electron chi connectivity index (χ2n) is 7.99. The second kappa shape index (κ2) is 9.79. The van der Waals surface area contributed by atoms with Gasteiger partial charge >= 0.3 is 0 Å². The summed E-state index contributed by atoms with van der Waals surface area (Å²) in [4.78, 5) is 16.9. The van der Waals surface area contributed by atoms with Crippen molar-refractivity contribution in [2.75, 3.05) is 11.9 Å². The van der Waals surface area contributed by atoms with Crippen LogP contribution in [0, 0.1) is 6.92 Å². The summed E-state index contributed by atoms with van der Waals surface area (Å²) in [6.45, 7) is 6.33. The monoisotopic (exact) mass is 442 g/mol.